The summed E-state index contributed by atoms with van der Waals surface area (Å²) in [5.74, 6) is -1.36. The molecule has 2 fully saturated rings. The third-order valence-electron chi connectivity index (χ3n) is 6.40. The van der Waals surface area contributed by atoms with Gasteiger partial charge in [-0.2, -0.15) is 0 Å². The van der Waals surface area contributed by atoms with Crippen molar-refractivity contribution in [1.29, 1.82) is 0 Å². The van der Waals surface area contributed by atoms with E-state index in [0.29, 0.717) is 17.1 Å². The highest BCUT2D eigenvalue weighted by molar-refractivity contribution is 7.10. The van der Waals surface area contributed by atoms with Gasteiger partial charge in [0.25, 0.3) is 5.91 Å². The summed E-state index contributed by atoms with van der Waals surface area (Å²) < 4.78 is 0. The molecule has 0 saturated carbocycles. The third-order valence-corrected chi connectivity index (χ3v) is 7.60. The van der Waals surface area contributed by atoms with E-state index in [1.54, 1.807) is 36.1 Å². The van der Waals surface area contributed by atoms with Crippen molar-refractivity contribution in [2.75, 3.05) is 6.54 Å². The van der Waals surface area contributed by atoms with Crippen molar-refractivity contribution < 1.29 is 14.4 Å². The van der Waals surface area contributed by atoms with Crippen LogP contribution in [0, 0.1) is 5.92 Å². The lowest BCUT2D eigenvalue weighted by Gasteiger charge is -2.27. The van der Waals surface area contributed by atoms with Gasteiger partial charge in [0.2, 0.25) is 0 Å². The molecule has 0 aliphatic carbocycles. The van der Waals surface area contributed by atoms with Gasteiger partial charge in [-0.25, -0.2) is 4.79 Å². The van der Waals surface area contributed by atoms with Crippen molar-refractivity contribution >= 4 is 40.7 Å². The SMILES string of the molecule is CCN1C(=O)C2C(c3ccccc3)C(C(=O)c3ccc(Cl)cc3)C(c3cccs3)N2C1=O. The first-order valence-corrected chi connectivity index (χ1v) is 11.8. The zero-order valence-corrected chi connectivity index (χ0v) is 18.9. The number of nitrogens with zero attached hydrogens (tertiary/aromatic N) is 2. The summed E-state index contributed by atoms with van der Waals surface area (Å²) >= 11 is 7.55. The van der Waals surface area contributed by atoms with Crippen LogP contribution in [0.3, 0.4) is 0 Å². The van der Waals surface area contributed by atoms with E-state index >= 15 is 0 Å². The average molecular weight is 465 g/mol. The number of benzene rings is 2. The number of likely N-dealkylation sites (N-methyl/N-ethyl adjacent to an activating group) is 1. The number of thiophene rings is 1. The van der Waals surface area contributed by atoms with Crippen molar-refractivity contribution in [2.45, 2.75) is 24.9 Å². The standard InChI is InChI=1S/C25H21ClN2O3S/c1-2-27-24(30)22-19(15-7-4-3-5-8-15)20(23(29)16-10-12-17(26)13-11-16)21(28(22)25(27)31)18-9-6-14-32-18/h3-14,19-22H,2H2,1H3. The number of carbonyl (C=O) groups is 3. The summed E-state index contributed by atoms with van der Waals surface area (Å²) in [6, 6.07) is 18.7. The Balaban J connectivity index is 1.71. The highest BCUT2D eigenvalue weighted by Gasteiger charge is 2.63. The predicted molar refractivity (Wildman–Crippen MR) is 124 cm³/mol. The molecule has 0 bridgehead atoms. The Morgan fingerprint density at radius 1 is 0.969 bits per heavy atom. The second-order valence-electron chi connectivity index (χ2n) is 8.01. The van der Waals surface area contributed by atoms with Gasteiger partial charge >= 0.3 is 6.03 Å². The molecule has 5 nitrogen and oxygen atoms in total. The minimum absolute atomic E-state index is 0.0908. The Labute approximate surface area is 195 Å². The number of carbonyl (C=O) groups excluding carboxylic acids is 3. The second kappa shape index (κ2) is 8.19. The zero-order valence-electron chi connectivity index (χ0n) is 17.4. The highest BCUT2D eigenvalue weighted by atomic mass is 35.5. The lowest BCUT2D eigenvalue weighted by atomic mass is 9.77. The second-order valence-corrected chi connectivity index (χ2v) is 9.43. The van der Waals surface area contributed by atoms with Crippen molar-refractivity contribution in [3.8, 4) is 0 Å². The summed E-state index contributed by atoms with van der Waals surface area (Å²) in [5, 5.41) is 2.48. The maximum Gasteiger partial charge on any atom is 0.328 e. The number of hydrogen-bond acceptors (Lipinski definition) is 4. The fraction of sp³-hybridized carbons (Fsp3) is 0.240. The Morgan fingerprint density at radius 3 is 2.31 bits per heavy atom. The van der Waals surface area contributed by atoms with Gasteiger partial charge in [0.05, 0.1) is 12.0 Å². The number of Topliss-reactive ketones (excluding diaryl/α,β-unsaturated/α-hetero) is 1. The first-order valence-electron chi connectivity index (χ1n) is 10.5. The Bertz CT molecular complexity index is 1160. The van der Waals surface area contributed by atoms with Gasteiger partial charge in [-0.05, 0) is 48.2 Å². The molecule has 1 aromatic heterocycles. The first-order chi connectivity index (χ1) is 15.5. The van der Waals surface area contributed by atoms with Gasteiger partial charge < -0.3 is 4.90 Å². The van der Waals surface area contributed by atoms with Gasteiger partial charge in [0, 0.05) is 27.9 Å². The molecule has 2 aliphatic rings. The number of urea groups is 1. The van der Waals surface area contributed by atoms with Crippen molar-refractivity contribution in [1.82, 2.24) is 9.80 Å². The normalized spacial score (nSPS) is 24.8. The molecular formula is C25H21ClN2O3S. The number of imide groups is 1. The lowest BCUT2D eigenvalue weighted by molar-refractivity contribution is -0.128. The van der Waals surface area contributed by atoms with E-state index in [0.717, 1.165) is 10.4 Å². The van der Waals surface area contributed by atoms with E-state index in [1.807, 2.05) is 47.8 Å². The van der Waals surface area contributed by atoms with Crippen LogP contribution >= 0.6 is 22.9 Å². The topological polar surface area (TPSA) is 57.7 Å². The Kier molecular flexibility index (Phi) is 5.35. The molecule has 5 rings (SSSR count). The minimum Gasteiger partial charge on any atom is -0.303 e. The van der Waals surface area contributed by atoms with Gasteiger partial charge in [0.1, 0.15) is 6.04 Å². The maximum absolute atomic E-state index is 13.9. The summed E-state index contributed by atoms with van der Waals surface area (Å²) in [6.45, 7) is 2.10. The molecule has 0 N–H and O–H groups in total. The molecule has 162 valence electrons. The summed E-state index contributed by atoms with van der Waals surface area (Å²) in [5.41, 5.74) is 1.41. The quantitative estimate of drug-likeness (QED) is 0.375. The number of fused-ring (bicyclic) bond motifs is 1. The van der Waals surface area contributed by atoms with Crippen LogP contribution in [-0.4, -0.2) is 40.1 Å². The number of rotatable bonds is 5. The molecule has 3 amide bonds. The molecule has 3 aromatic rings. The predicted octanol–water partition coefficient (Wildman–Crippen LogP) is 5.39. The van der Waals surface area contributed by atoms with Crippen LogP contribution in [-0.2, 0) is 4.79 Å². The number of ketones is 1. The summed E-state index contributed by atoms with van der Waals surface area (Å²) in [4.78, 5) is 44.6. The number of halogens is 1. The van der Waals surface area contributed by atoms with Gasteiger partial charge in [-0.15, -0.1) is 11.3 Å². The summed E-state index contributed by atoms with van der Waals surface area (Å²) in [7, 11) is 0. The fourth-order valence-electron chi connectivity index (χ4n) is 5.06. The highest BCUT2D eigenvalue weighted by Crippen LogP contribution is 2.54. The molecule has 7 heteroatoms. The maximum atomic E-state index is 13.9. The van der Waals surface area contributed by atoms with E-state index in [4.69, 9.17) is 11.6 Å². The monoisotopic (exact) mass is 464 g/mol. The van der Waals surface area contributed by atoms with Crippen molar-refractivity contribution in [3.63, 3.8) is 0 Å². The number of amides is 3. The minimum atomic E-state index is -0.710. The van der Waals surface area contributed by atoms with Crippen molar-refractivity contribution in [2.24, 2.45) is 5.92 Å². The fourth-order valence-corrected chi connectivity index (χ4v) is 6.06. The van der Waals surface area contributed by atoms with E-state index in [-0.39, 0.29) is 17.7 Å². The van der Waals surface area contributed by atoms with Crippen LogP contribution in [0.25, 0.3) is 0 Å². The molecule has 4 unspecified atom stereocenters. The molecule has 2 aromatic carbocycles. The van der Waals surface area contributed by atoms with Crippen LogP contribution in [0.1, 0.15) is 39.7 Å². The van der Waals surface area contributed by atoms with Gasteiger partial charge in [-0.3, -0.25) is 14.5 Å². The molecule has 0 radical (unpaired) electrons. The first kappa shape index (κ1) is 20.9. The molecular weight excluding hydrogens is 444 g/mol. The lowest BCUT2D eigenvalue weighted by Crippen LogP contribution is -2.37. The van der Waals surface area contributed by atoms with E-state index in [1.165, 1.54) is 16.2 Å². The summed E-state index contributed by atoms with van der Waals surface area (Å²) in [6.07, 6.45) is 0. The smallest absolute Gasteiger partial charge is 0.303 e. The Hall–Kier alpha value is -2.96. The van der Waals surface area contributed by atoms with E-state index < -0.39 is 23.9 Å². The van der Waals surface area contributed by atoms with E-state index in [9.17, 15) is 14.4 Å². The third kappa shape index (κ3) is 3.17. The van der Waals surface area contributed by atoms with Gasteiger partial charge in [0.15, 0.2) is 5.78 Å². The molecule has 2 saturated heterocycles. The van der Waals surface area contributed by atoms with Crippen LogP contribution < -0.4 is 0 Å². The van der Waals surface area contributed by atoms with E-state index in [2.05, 4.69) is 0 Å². The van der Waals surface area contributed by atoms with Gasteiger partial charge in [-0.1, -0.05) is 48.0 Å². The number of hydrogen-bond donors (Lipinski definition) is 0. The largest absolute Gasteiger partial charge is 0.328 e. The molecule has 4 atom stereocenters. The molecule has 3 heterocycles. The van der Waals surface area contributed by atoms with Crippen molar-refractivity contribution in [3.05, 3.63) is 93.1 Å². The Morgan fingerprint density at radius 2 is 1.69 bits per heavy atom. The molecule has 0 spiro atoms. The zero-order chi connectivity index (χ0) is 22.4. The average Bonchev–Trinajstić information content (AvgIpc) is 3.50. The van der Waals surface area contributed by atoms with Crippen LogP contribution in [0.2, 0.25) is 5.02 Å². The molecule has 2 aliphatic heterocycles. The van der Waals surface area contributed by atoms with Crippen LogP contribution in [0.4, 0.5) is 4.79 Å². The molecule has 32 heavy (non-hydrogen) atoms. The van der Waals surface area contributed by atoms with Crippen LogP contribution in [0.5, 0.6) is 0 Å². The van der Waals surface area contributed by atoms with Crippen LogP contribution in [0.15, 0.2) is 72.1 Å².